The predicted octanol–water partition coefficient (Wildman–Crippen LogP) is 5.50. The van der Waals surface area contributed by atoms with E-state index in [9.17, 15) is 5.11 Å². The third-order valence-electron chi connectivity index (χ3n) is 5.55. The summed E-state index contributed by atoms with van der Waals surface area (Å²) in [5.41, 5.74) is 5.50. The molecule has 1 atom stereocenters. The molecule has 4 aromatic rings. The lowest BCUT2D eigenvalue weighted by atomic mass is 10.0. The molecule has 1 aromatic heterocycles. The van der Waals surface area contributed by atoms with Crippen molar-refractivity contribution in [3.05, 3.63) is 95.3 Å². The normalized spacial score (nSPS) is 12.4. The van der Waals surface area contributed by atoms with Gasteiger partial charge >= 0.3 is 0 Å². The molecule has 4 nitrogen and oxygen atoms in total. The van der Waals surface area contributed by atoms with E-state index in [1.165, 1.54) is 5.56 Å². The summed E-state index contributed by atoms with van der Waals surface area (Å²) in [6, 6.07) is 24.7. The van der Waals surface area contributed by atoms with Gasteiger partial charge in [0.25, 0.3) is 0 Å². The highest BCUT2D eigenvalue weighted by Gasteiger charge is 2.16. The molecule has 31 heavy (non-hydrogen) atoms. The molecule has 0 unspecified atom stereocenters. The Morgan fingerprint density at radius 1 is 0.968 bits per heavy atom. The van der Waals surface area contributed by atoms with Crippen LogP contribution in [-0.2, 0) is 13.0 Å². The molecule has 0 aliphatic carbocycles. The average Bonchev–Trinajstić information content (AvgIpc) is 3.09. The zero-order valence-electron chi connectivity index (χ0n) is 18.5. The molecule has 0 bridgehead atoms. The van der Waals surface area contributed by atoms with Gasteiger partial charge in [0, 0.05) is 6.42 Å². The minimum Gasteiger partial charge on any atom is -0.491 e. The van der Waals surface area contributed by atoms with Crippen molar-refractivity contribution in [3.8, 4) is 5.75 Å². The number of hydrogen-bond donors (Lipinski definition) is 1. The number of aliphatic hydroxyl groups excluding tert-OH is 1. The van der Waals surface area contributed by atoms with Crippen molar-refractivity contribution in [3.63, 3.8) is 0 Å². The maximum atomic E-state index is 10.9. The van der Waals surface area contributed by atoms with Gasteiger partial charge in [-0.3, -0.25) is 0 Å². The van der Waals surface area contributed by atoms with E-state index in [1.807, 2.05) is 36.4 Å². The predicted molar refractivity (Wildman–Crippen MR) is 126 cm³/mol. The van der Waals surface area contributed by atoms with Crippen LogP contribution >= 0.6 is 0 Å². The van der Waals surface area contributed by atoms with Gasteiger partial charge in [-0.25, -0.2) is 4.98 Å². The van der Waals surface area contributed by atoms with Gasteiger partial charge in [-0.1, -0.05) is 68.4 Å². The largest absolute Gasteiger partial charge is 0.491 e. The van der Waals surface area contributed by atoms with Crippen LogP contribution in [-0.4, -0.2) is 27.4 Å². The molecule has 0 aliphatic rings. The quantitative estimate of drug-likeness (QED) is 0.414. The minimum atomic E-state index is -0.646. The fourth-order valence-corrected chi connectivity index (χ4v) is 3.94. The van der Waals surface area contributed by atoms with Crippen molar-refractivity contribution < 1.29 is 9.84 Å². The molecule has 0 aliphatic heterocycles. The summed E-state index contributed by atoms with van der Waals surface area (Å²) in [4.78, 5) is 4.84. The number of fused-ring (bicyclic) bond motifs is 1. The first-order valence-electron chi connectivity index (χ1n) is 10.9. The van der Waals surface area contributed by atoms with Gasteiger partial charge in [0.1, 0.15) is 24.3 Å². The smallest absolute Gasteiger partial charge is 0.123 e. The lowest BCUT2D eigenvalue weighted by Gasteiger charge is -2.19. The zero-order chi connectivity index (χ0) is 21.8. The Hall–Kier alpha value is -3.11. The Bertz CT molecular complexity index is 1150. The van der Waals surface area contributed by atoms with E-state index in [0.717, 1.165) is 40.2 Å². The summed E-state index contributed by atoms with van der Waals surface area (Å²) < 4.78 is 8.20. The molecule has 1 heterocycles. The van der Waals surface area contributed by atoms with Crippen LogP contribution in [0.1, 0.15) is 42.3 Å². The number of hydrogen-bond acceptors (Lipinski definition) is 3. The Labute approximate surface area is 184 Å². The summed E-state index contributed by atoms with van der Waals surface area (Å²) >= 11 is 0. The maximum Gasteiger partial charge on any atom is 0.123 e. The van der Waals surface area contributed by atoms with Gasteiger partial charge in [0.05, 0.1) is 17.6 Å². The van der Waals surface area contributed by atoms with E-state index in [1.54, 1.807) is 0 Å². The molecular weight excluding hydrogens is 384 g/mol. The van der Waals surface area contributed by atoms with Crippen molar-refractivity contribution >= 4 is 11.0 Å². The molecule has 4 rings (SSSR count). The first kappa shape index (κ1) is 21.1. The Kier molecular flexibility index (Phi) is 6.38. The van der Waals surface area contributed by atoms with Crippen LogP contribution in [0, 0.1) is 6.92 Å². The number of ether oxygens (including phenoxy) is 1. The highest BCUT2D eigenvalue weighted by molar-refractivity contribution is 5.76. The van der Waals surface area contributed by atoms with Crippen LogP contribution in [0.25, 0.3) is 11.0 Å². The molecule has 3 aromatic carbocycles. The number of aryl methyl sites for hydroxylation is 1. The highest BCUT2D eigenvalue weighted by atomic mass is 16.5. The molecule has 0 saturated carbocycles. The Morgan fingerprint density at radius 2 is 1.71 bits per heavy atom. The molecule has 0 spiro atoms. The topological polar surface area (TPSA) is 47.3 Å². The van der Waals surface area contributed by atoms with E-state index >= 15 is 0 Å². The van der Waals surface area contributed by atoms with E-state index in [2.05, 4.69) is 61.7 Å². The molecule has 4 heteroatoms. The van der Waals surface area contributed by atoms with Crippen LogP contribution in [0.15, 0.2) is 72.8 Å². The fraction of sp³-hybridized carbons (Fsp3) is 0.296. The van der Waals surface area contributed by atoms with Crippen molar-refractivity contribution in [2.45, 2.75) is 45.8 Å². The lowest BCUT2D eigenvalue weighted by Crippen LogP contribution is -2.25. The first-order valence-corrected chi connectivity index (χ1v) is 10.9. The summed E-state index contributed by atoms with van der Waals surface area (Å²) in [7, 11) is 0. The molecule has 0 fully saturated rings. The number of nitrogens with zero attached hydrogens (tertiary/aromatic N) is 2. The minimum absolute atomic E-state index is 0.237. The van der Waals surface area contributed by atoms with E-state index < -0.39 is 6.10 Å². The van der Waals surface area contributed by atoms with Crippen molar-refractivity contribution in [1.82, 2.24) is 9.55 Å². The Balaban J connectivity index is 1.54. The van der Waals surface area contributed by atoms with Crippen molar-refractivity contribution in [1.29, 1.82) is 0 Å². The highest BCUT2D eigenvalue weighted by Crippen LogP contribution is 2.28. The van der Waals surface area contributed by atoms with E-state index in [-0.39, 0.29) is 6.61 Å². The Morgan fingerprint density at radius 3 is 2.48 bits per heavy atom. The van der Waals surface area contributed by atoms with Crippen LogP contribution < -0.4 is 4.74 Å². The fourth-order valence-electron chi connectivity index (χ4n) is 3.94. The summed E-state index contributed by atoms with van der Waals surface area (Å²) in [6.45, 7) is 7.04. The van der Waals surface area contributed by atoms with Crippen LogP contribution in [0.2, 0.25) is 0 Å². The number of imidazole rings is 1. The second-order valence-corrected chi connectivity index (χ2v) is 8.45. The van der Waals surface area contributed by atoms with Gasteiger partial charge in [-0.2, -0.15) is 0 Å². The molecule has 0 amide bonds. The zero-order valence-corrected chi connectivity index (χ0v) is 18.5. The number of aromatic nitrogens is 2. The molecule has 0 saturated heterocycles. The molecule has 0 radical (unpaired) electrons. The summed E-state index contributed by atoms with van der Waals surface area (Å²) in [5.74, 6) is 2.17. The van der Waals surface area contributed by atoms with Gasteiger partial charge < -0.3 is 14.4 Å². The van der Waals surface area contributed by atoms with Crippen LogP contribution in [0.3, 0.4) is 0 Å². The number of rotatable bonds is 8. The van der Waals surface area contributed by atoms with Gasteiger partial charge in [-0.15, -0.1) is 0 Å². The third-order valence-corrected chi connectivity index (χ3v) is 5.55. The second-order valence-electron chi connectivity index (χ2n) is 8.45. The van der Waals surface area contributed by atoms with Gasteiger partial charge in [0.2, 0.25) is 0 Å². The number of para-hydroxylation sites is 2. The van der Waals surface area contributed by atoms with E-state index in [0.29, 0.717) is 12.5 Å². The maximum absolute atomic E-state index is 10.9. The second kappa shape index (κ2) is 9.36. The SMILES string of the molecule is Cc1ccc(C(C)C)c(OC[C@H](O)Cn2c(Cc3ccccc3)nc3ccccc32)c1. The molecule has 1 N–H and O–H groups in total. The van der Waals surface area contributed by atoms with Gasteiger partial charge in [0.15, 0.2) is 0 Å². The number of benzene rings is 3. The molecular formula is C27H30N2O2. The first-order chi connectivity index (χ1) is 15.0. The molecule has 160 valence electrons. The van der Waals surface area contributed by atoms with Crippen molar-refractivity contribution in [2.75, 3.05) is 6.61 Å². The lowest BCUT2D eigenvalue weighted by molar-refractivity contribution is 0.0921. The van der Waals surface area contributed by atoms with Gasteiger partial charge in [-0.05, 0) is 47.7 Å². The van der Waals surface area contributed by atoms with Crippen LogP contribution in [0.4, 0.5) is 0 Å². The number of aliphatic hydroxyl groups is 1. The van der Waals surface area contributed by atoms with Crippen molar-refractivity contribution in [2.24, 2.45) is 0 Å². The van der Waals surface area contributed by atoms with E-state index in [4.69, 9.17) is 9.72 Å². The monoisotopic (exact) mass is 414 g/mol. The van der Waals surface area contributed by atoms with Crippen LogP contribution in [0.5, 0.6) is 5.75 Å². The summed E-state index contributed by atoms with van der Waals surface area (Å²) in [5, 5.41) is 10.9. The summed E-state index contributed by atoms with van der Waals surface area (Å²) in [6.07, 6.45) is 0.0750. The third kappa shape index (κ3) is 4.97. The standard InChI is InChI=1S/C27H30N2O2/c1-19(2)23-14-13-20(3)15-26(23)31-18-22(30)17-29-25-12-8-7-11-24(25)28-27(29)16-21-9-5-4-6-10-21/h4-15,19,22,30H,16-18H2,1-3H3/t22-/m1/s1. The average molecular weight is 415 g/mol.